The van der Waals surface area contributed by atoms with E-state index in [1.165, 1.54) is 11.1 Å². The molecule has 2 aromatic rings. The highest BCUT2D eigenvalue weighted by Crippen LogP contribution is 2.37. The Morgan fingerprint density at radius 3 is 2.52 bits per heavy atom. The van der Waals surface area contributed by atoms with E-state index in [2.05, 4.69) is 44.2 Å². The lowest BCUT2D eigenvalue weighted by Gasteiger charge is -2.33. The van der Waals surface area contributed by atoms with E-state index in [0.29, 0.717) is 6.61 Å². The fraction of sp³-hybridized carbons (Fsp3) is 0.250. The maximum absolute atomic E-state index is 12.6. The Bertz CT molecular complexity index is 744. The van der Waals surface area contributed by atoms with Crippen LogP contribution in [-0.4, -0.2) is 12.7 Å². The molecule has 1 heterocycles. The number of amides is 1. The highest BCUT2D eigenvalue weighted by molar-refractivity contribution is 5.93. The fourth-order valence-corrected chi connectivity index (χ4v) is 3.12. The van der Waals surface area contributed by atoms with Crippen LogP contribution in [0.5, 0.6) is 0 Å². The summed E-state index contributed by atoms with van der Waals surface area (Å²) in [5.74, 6) is 0. The van der Waals surface area contributed by atoms with Crippen LogP contribution in [-0.2, 0) is 4.74 Å². The normalized spacial score (nSPS) is 16.1. The quantitative estimate of drug-likeness (QED) is 0.778. The summed E-state index contributed by atoms with van der Waals surface area (Å²) >= 11 is 0. The average Bonchev–Trinajstić information content (AvgIpc) is 2.53. The third kappa shape index (κ3) is 3.00. The molecule has 1 amide bonds. The fourth-order valence-electron chi connectivity index (χ4n) is 3.12. The molecular weight excluding hydrogens is 286 g/mol. The van der Waals surface area contributed by atoms with Crippen molar-refractivity contribution in [3.05, 3.63) is 70.8 Å². The predicted molar refractivity (Wildman–Crippen MR) is 93.6 cm³/mol. The summed E-state index contributed by atoms with van der Waals surface area (Å²) in [6.07, 6.45) is 3.83. The van der Waals surface area contributed by atoms with Crippen molar-refractivity contribution in [3.8, 4) is 0 Å². The van der Waals surface area contributed by atoms with Gasteiger partial charge in [-0.25, -0.2) is 4.79 Å². The van der Waals surface area contributed by atoms with Crippen LogP contribution in [0.1, 0.15) is 35.2 Å². The molecule has 1 aliphatic rings. The zero-order valence-corrected chi connectivity index (χ0v) is 13.7. The molecule has 23 heavy (non-hydrogen) atoms. The summed E-state index contributed by atoms with van der Waals surface area (Å²) in [7, 11) is 0. The SMILES string of the molecule is CCOC(=O)N1c2ccccc2C=CC1c1cc(C)cc(C)c1. The molecule has 0 aliphatic carbocycles. The van der Waals surface area contributed by atoms with Crippen LogP contribution in [0.25, 0.3) is 6.08 Å². The highest BCUT2D eigenvalue weighted by Gasteiger charge is 2.30. The Morgan fingerprint density at radius 1 is 1.13 bits per heavy atom. The van der Waals surface area contributed by atoms with Gasteiger partial charge in [0.25, 0.3) is 0 Å². The van der Waals surface area contributed by atoms with Gasteiger partial charge in [0, 0.05) is 0 Å². The van der Waals surface area contributed by atoms with Gasteiger partial charge in [-0.05, 0) is 38.0 Å². The second kappa shape index (κ2) is 6.29. The summed E-state index contributed by atoms with van der Waals surface area (Å²) in [5.41, 5.74) is 5.40. The number of para-hydroxylation sites is 1. The molecule has 0 saturated heterocycles. The van der Waals surface area contributed by atoms with Gasteiger partial charge in [-0.2, -0.15) is 0 Å². The van der Waals surface area contributed by atoms with Crippen molar-refractivity contribution >= 4 is 17.9 Å². The van der Waals surface area contributed by atoms with E-state index in [9.17, 15) is 4.79 Å². The summed E-state index contributed by atoms with van der Waals surface area (Å²) in [6.45, 7) is 6.34. The highest BCUT2D eigenvalue weighted by atomic mass is 16.6. The lowest BCUT2D eigenvalue weighted by molar-refractivity contribution is 0.158. The van der Waals surface area contributed by atoms with Gasteiger partial charge in [0.05, 0.1) is 18.3 Å². The molecule has 2 aromatic carbocycles. The number of benzene rings is 2. The minimum absolute atomic E-state index is 0.150. The molecule has 3 nitrogen and oxygen atoms in total. The van der Waals surface area contributed by atoms with Gasteiger partial charge in [-0.3, -0.25) is 4.90 Å². The zero-order valence-electron chi connectivity index (χ0n) is 13.7. The Balaban J connectivity index is 2.10. The van der Waals surface area contributed by atoms with Crippen molar-refractivity contribution < 1.29 is 9.53 Å². The van der Waals surface area contributed by atoms with Crippen LogP contribution in [0.2, 0.25) is 0 Å². The van der Waals surface area contributed by atoms with Gasteiger partial charge in [0.15, 0.2) is 0 Å². The molecule has 0 aromatic heterocycles. The molecule has 0 N–H and O–H groups in total. The first-order valence-corrected chi connectivity index (χ1v) is 7.91. The summed E-state index contributed by atoms with van der Waals surface area (Å²) in [4.78, 5) is 14.3. The first-order chi connectivity index (χ1) is 11.1. The van der Waals surface area contributed by atoms with Crippen molar-refractivity contribution in [1.82, 2.24) is 0 Å². The largest absolute Gasteiger partial charge is 0.449 e. The van der Waals surface area contributed by atoms with E-state index in [-0.39, 0.29) is 12.1 Å². The number of hydrogen-bond donors (Lipinski definition) is 0. The van der Waals surface area contributed by atoms with Crippen LogP contribution < -0.4 is 4.90 Å². The molecule has 1 atom stereocenters. The lowest BCUT2D eigenvalue weighted by Crippen LogP contribution is -2.36. The Labute approximate surface area is 137 Å². The standard InChI is InChI=1S/C20H21NO2/c1-4-23-20(22)21-18-8-6-5-7-16(18)9-10-19(21)17-12-14(2)11-15(3)13-17/h5-13,19H,4H2,1-3H3. The third-order valence-electron chi connectivity index (χ3n) is 3.98. The minimum atomic E-state index is -0.312. The number of aryl methyl sites for hydroxylation is 2. The number of hydrogen-bond acceptors (Lipinski definition) is 2. The maximum Gasteiger partial charge on any atom is 0.415 e. The van der Waals surface area contributed by atoms with Crippen LogP contribution >= 0.6 is 0 Å². The van der Waals surface area contributed by atoms with Crippen LogP contribution in [0, 0.1) is 13.8 Å². The smallest absolute Gasteiger partial charge is 0.415 e. The number of carbonyl (C=O) groups excluding carboxylic acids is 1. The molecule has 3 rings (SSSR count). The number of ether oxygens (including phenoxy) is 1. The second-order valence-electron chi connectivity index (χ2n) is 5.85. The summed E-state index contributed by atoms with van der Waals surface area (Å²) in [5, 5.41) is 0. The lowest BCUT2D eigenvalue weighted by atomic mass is 9.95. The van der Waals surface area contributed by atoms with Crippen LogP contribution in [0.3, 0.4) is 0 Å². The molecule has 0 saturated carbocycles. The average molecular weight is 307 g/mol. The predicted octanol–water partition coefficient (Wildman–Crippen LogP) is 5.03. The minimum Gasteiger partial charge on any atom is -0.449 e. The molecule has 118 valence electrons. The van der Waals surface area contributed by atoms with Crippen LogP contribution in [0.15, 0.2) is 48.5 Å². The number of anilines is 1. The molecule has 1 unspecified atom stereocenters. The first-order valence-electron chi connectivity index (χ1n) is 7.91. The summed E-state index contributed by atoms with van der Waals surface area (Å²) < 4.78 is 5.30. The molecule has 0 fully saturated rings. The summed E-state index contributed by atoms with van der Waals surface area (Å²) in [6, 6.07) is 14.1. The first kappa shape index (κ1) is 15.3. The van der Waals surface area contributed by atoms with Gasteiger partial charge >= 0.3 is 6.09 Å². The van der Waals surface area contributed by atoms with Crippen molar-refractivity contribution in [2.45, 2.75) is 26.8 Å². The zero-order chi connectivity index (χ0) is 16.4. The Kier molecular flexibility index (Phi) is 4.20. The third-order valence-corrected chi connectivity index (χ3v) is 3.98. The van der Waals surface area contributed by atoms with E-state index in [1.807, 2.05) is 31.2 Å². The van der Waals surface area contributed by atoms with Crippen molar-refractivity contribution in [1.29, 1.82) is 0 Å². The maximum atomic E-state index is 12.6. The Morgan fingerprint density at radius 2 is 1.83 bits per heavy atom. The van der Waals surface area contributed by atoms with E-state index in [1.54, 1.807) is 4.90 Å². The number of nitrogens with zero attached hydrogens (tertiary/aromatic N) is 1. The van der Waals surface area contributed by atoms with Gasteiger partial charge in [0.1, 0.15) is 0 Å². The van der Waals surface area contributed by atoms with Gasteiger partial charge in [-0.15, -0.1) is 0 Å². The van der Waals surface area contributed by atoms with E-state index in [4.69, 9.17) is 4.74 Å². The van der Waals surface area contributed by atoms with Gasteiger partial charge in [-0.1, -0.05) is 59.7 Å². The molecular formula is C20H21NO2. The van der Waals surface area contributed by atoms with Crippen LogP contribution in [0.4, 0.5) is 10.5 Å². The Hall–Kier alpha value is -2.55. The van der Waals surface area contributed by atoms with Crippen molar-refractivity contribution in [2.24, 2.45) is 0 Å². The van der Waals surface area contributed by atoms with Crippen molar-refractivity contribution in [2.75, 3.05) is 11.5 Å². The van der Waals surface area contributed by atoms with Crippen molar-refractivity contribution in [3.63, 3.8) is 0 Å². The monoisotopic (exact) mass is 307 g/mol. The second-order valence-corrected chi connectivity index (χ2v) is 5.85. The van der Waals surface area contributed by atoms with E-state index >= 15 is 0 Å². The van der Waals surface area contributed by atoms with Gasteiger partial charge < -0.3 is 4.74 Å². The number of rotatable bonds is 2. The molecule has 0 spiro atoms. The topological polar surface area (TPSA) is 29.5 Å². The van der Waals surface area contributed by atoms with E-state index < -0.39 is 0 Å². The molecule has 0 bridgehead atoms. The van der Waals surface area contributed by atoms with Gasteiger partial charge in [0.2, 0.25) is 0 Å². The van der Waals surface area contributed by atoms with E-state index in [0.717, 1.165) is 16.8 Å². The molecule has 3 heteroatoms. The number of carbonyl (C=O) groups is 1. The molecule has 1 aliphatic heterocycles. The number of fused-ring (bicyclic) bond motifs is 1. The molecule has 0 radical (unpaired) electrons.